The second-order valence-electron chi connectivity index (χ2n) is 8.10. The molecule has 1 saturated carbocycles. The van der Waals surface area contributed by atoms with Gasteiger partial charge in [0.25, 0.3) is 0 Å². The lowest BCUT2D eigenvalue weighted by Gasteiger charge is -2.33. The highest BCUT2D eigenvalue weighted by Crippen LogP contribution is 2.66. The molecule has 8 nitrogen and oxygen atoms in total. The number of terminal acetylenes is 1. The average Bonchev–Trinajstić information content (AvgIpc) is 3.55. The summed E-state index contributed by atoms with van der Waals surface area (Å²) >= 11 is 1.23. The quantitative estimate of drug-likeness (QED) is 0.420. The van der Waals surface area contributed by atoms with E-state index in [1.807, 2.05) is 0 Å². The third kappa shape index (κ3) is 3.60. The Balaban J connectivity index is 1.49. The summed E-state index contributed by atoms with van der Waals surface area (Å²) in [5.41, 5.74) is 6.70. The number of rotatable bonds is 6. The van der Waals surface area contributed by atoms with Gasteiger partial charge in [-0.25, -0.2) is 24.3 Å². The van der Waals surface area contributed by atoms with E-state index in [-0.39, 0.29) is 23.3 Å². The van der Waals surface area contributed by atoms with Crippen LogP contribution in [0.1, 0.15) is 18.9 Å². The third-order valence-corrected chi connectivity index (χ3v) is 7.27. The summed E-state index contributed by atoms with van der Waals surface area (Å²) in [6, 6.07) is 3.30. The van der Waals surface area contributed by atoms with Gasteiger partial charge in [0.2, 0.25) is 5.95 Å². The number of nitrogens with two attached hydrogens (primary N) is 1. The summed E-state index contributed by atoms with van der Waals surface area (Å²) in [5, 5.41) is 3.37. The molecule has 0 bridgehead atoms. The summed E-state index contributed by atoms with van der Waals surface area (Å²) < 4.78 is 33.4. The number of hydrogen-bond acceptors (Lipinski definition) is 9. The molecule has 4 heterocycles. The Bertz CT molecular complexity index is 1330. The minimum Gasteiger partial charge on any atom is -0.479 e. The first-order valence-electron chi connectivity index (χ1n) is 10.1. The van der Waals surface area contributed by atoms with E-state index < -0.39 is 22.9 Å². The van der Waals surface area contributed by atoms with Crippen LogP contribution in [-0.4, -0.2) is 43.1 Å². The van der Waals surface area contributed by atoms with E-state index in [0.29, 0.717) is 34.7 Å². The molecule has 0 unspecified atom stereocenters. The molecule has 3 aromatic rings. The molecule has 3 aromatic heterocycles. The summed E-state index contributed by atoms with van der Waals surface area (Å²) in [6.07, 6.45) is 10.0. The molecule has 1 aliphatic heterocycles. The maximum atomic E-state index is 14.9. The third-order valence-electron chi connectivity index (χ3n) is 6.00. The van der Waals surface area contributed by atoms with Gasteiger partial charge in [-0.05, 0) is 19.4 Å². The number of thioether (sulfide) groups is 1. The van der Waals surface area contributed by atoms with E-state index in [0.717, 1.165) is 0 Å². The molecular formula is C22H19F2N7OS. The van der Waals surface area contributed by atoms with Crippen molar-refractivity contribution < 1.29 is 13.5 Å². The molecule has 168 valence electrons. The standard InChI is InChI=1S/C22H19F2N7OS/c1-3-4-32-13-6-15-17(26-9-13)19(29-11-28-15)30-12-5-14(18(24)27-8-12)21(2)16-7-22(16,10-23)33-20(25)31-21/h1,5-6,8-9,11,16H,4,7,10H2,2H3,(H2,25,31)(H,28,29,30)/t16-,21+,22+/m0/s1. The average molecular weight is 468 g/mol. The molecule has 0 radical (unpaired) electrons. The maximum absolute atomic E-state index is 14.9. The van der Waals surface area contributed by atoms with Gasteiger partial charge < -0.3 is 15.8 Å². The van der Waals surface area contributed by atoms with Gasteiger partial charge in [0.1, 0.15) is 30.9 Å². The molecule has 11 heteroatoms. The number of ether oxygens (including phenoxy) is 1. The first kappa shape index (κ1) is 21.3. The minimum absolute atomic E-state index is 0.113. The van der Waals surface area contributed by atoms with Crippen molar-refractivity contribution in [3.8, 4) is 18.1 Å². The Morgan fingerprint density at radius 1 is 1.30 bits per heavy atom. The number of fused-ring (bicyclic) bond motifs is 2. The van der Waals surface area contributed by atoms with Crippen LogP contribution in [0.25, 0.3) is 11.0 Å². The number of nitrogens with zero attached hydrogens (tertiary/aromatic N) is 5. The Labute approximate surface area is 192 Å². The number of hydrogen-bond donors (Lipinski definition) is 2. The van der Waals surface area contributed by atoms with Crippen LogP contribution in [0.3, 0.4) is 0 Å². The molecule has 3 atom stereocenters. The van der Waals surface area contributed by atoms with Crippen molar-refractivity contribution in [1.29, 1.82) is 0 Å². The summed E-state index contributed by atoms with van der Waals surface area (Å²) in [7, 11) is 0. The normalized spacial score (nSPS) is 25.6. The van der Waals surface area contributed by atoms with E-state index in [4.69, 9.17) is 16.9 Å². The zero-order valence-corrected chi connectivity index (χ0v) is 18.4. The molecular weight excluding hydrogens is 448 g/mol. The SMILES string of the molecule is C#CCOc1cnc2c(Nc3cnc(F)c([C@@]4(C)N=C(N)S[C@@]5(CF)C[C@H]54)c3)ncnc2c1. The van der Waals surface area contributed by atoms with E-state index >= 15 is 0 Å². The van der Waals surface area contributed by atoms with Crippen LogP contribution in [0, 0.1) is 24.2 Å². The lowest BCUT2D eigenvalue weighted by molar-refractivity contribution is 0.359. The Morgan fingerprint density at radius 3 is 2.94 bits per heavy atom. The van der Waals surface area contributed by atoms with Gasteiger partial charge in [0.15, 0.2) is 11.0 Å². The second kappa shape index (κ2) is 7.81. The number of amidine groups is 1. The van der Waals surface area contributed by atoms with Gasteiger partial charge in [0.05, 0.1) is 33.9 Å². The molecule has 3 N–H and O–H groups in total. The second-order valence-corrected chi connectivity index (χ2v) is 9.53. The highest BCUT2D eigenvalue weighted by Gasteiger charge is 2.66. The molecule has 0 saturated heterocycles. The van der Waals surface area contributed by atoms with Gasteiger partial charge >= 0.3 is 0 Å². The largest absolute Gasteiger partial charge is 0.479 e. The highest BCUT2D eigenvalue weighted by molar-refractivity contribution is 8.15. The van der Waals surface area contributed by atoms with Gasteiger partial charge in [0, 0.05) is 17.5 Å². The van der Waals surface area contributed by atoms with Crippen molar-refractivity contribution in [1.82, 2.24) is 19.9 Å². The zero-order chi connectivity index (χ0) is 23.2. The summed E-state index contributed by atoms with van der Waals surface area (Å²) in [4.78, 5) is 21.3. The van der Waals surface area contributed by atoms with Gasteiger partial charge in [-0.2, -0.15) is 4.39 Å². The lowest BCUT2D eigenvalue weighted by atomic mass is 9.86. The number of anilines is 2. The van der Waals surface area contributed by atoms with Crippen LogP contribution < -0.4 is 15.8 Å². The zero-order valence-electron chi connectivity index (χ0n) is 17.5. The Morgan fingerprint density at radius 2 is 2.15 bits per heavy atom. The van der Waals surface area contributed by atoms with Crippen LogP contribution in [0.2, 0.25) is 0 Å². The topological polar surface area (TPSA) is 111 Å². The first-order chi connectivity index (χ1) is 15.9. The molecule has 1 aliphatic carbocycles. The summed E-state index contributed by atoms with van der Waals surface area (Å²) in [5.74, 6) is 2.42. The van der Waals surface area contributed by atoms with Crippen LogP contribution >= 0.6 is 11.8 Å². The van der Waals surface area contributed by atoms with Crippen LogP contribution in [0.4, 0.5) is 20.3 Å². The smallest absolute Gasteiger partial charge is 0.218 e. The molecule has 2 aliphatic rings. The Hall–Kier alpha value is -3.52. The van der Waals surface area contributed by atoms with Crippen molar-refractivity contribution in [2.45, 2.75) is 23.6 Å². The number of aliphatic imine (C=N–C) groups is 1. The monoisotopic (exact) mass is 467 g/mol. The molecule has 0 aromatic carbocycles. The van der Waals surface area contributed by atoms with Gasteiger partial charge in [-0.15, -0.1) is 6.42 Å². The van der Waals surface area contributed by atoms with Crippen LogP contribution in [0.5, 0.6) is 5.75 Å². The van der Waals surface area contributed by atoms with E-state index in [1.165, 1.54) is 30.5 Å². The number of aromatic nitrogens is 4. The lowest BCUT2D eigenvalue weighted by Crippen LogP contribution is -2.37. The van der Waals surface area contributed by atoms with Gasteiger partial charge in [-0.3, -0.25) is 4.99 Å². The van der Waals surface area contributed by atoms with Crippen LogP contribution in [0.15, 0.2) is 35.8 Å². The molecule has 33 heavy (non-hydrogen) atoms. The van der Waals surface area contributed by atoms with Crippen molar-refractivity contribution in [2.75, 3.05) is 18.6 Å². The van der Waals surface area contributed by atoms with E-state index in [9.17, 15) is 8.78 Å². The van der Waals surface area contributed by atoms with Crippen molar-refractivity contribution in [3.05, 3.63) is 42.4 Å². The predicted molar refractivity (Wildman–Crippen MR) is 123 cm³/mol. The highest BCUT2D eigenvalue weighted by atomic mass is 32.2. The maximum Gasteiger partial charge on any atom is 0.218 e. The van der Waals surface area contributed by atoms with E-state index in [1.54, 1.807) is 19.1 Å². The predicted octanol–water partition coefficient (Wildman–Crippen LogP) is 3.32. The fourth-order valence-corrected chi connectivity index (χ4v) is 5.63. The number of nitrogens with one attached hydrogen (secondary N) is 1. The molecule has 0 spiro atoms. The molecule has 1 fully saturated rings. The number of alkyl halides is 1. The van der Waals surface area contributed by atoms with Crippen LogP contribution in [-0.2, 0) is 5.54 Å². The first-order valence-corrected chi connectivity index (χ1v) is 10.9. The molecule has 5 rings (SSSR count). The number of pyridine rings is 2. The summed E-state index contributed by atoms with van der Waals surface area (Å²) in [6.45, 7) is 1.33. The van der Waals surface area contributed by atoms with E-state index in [2.05, 4.69) is 36.2 Å². The van der Waals surface area contributed by atoms with Crippen molar-refractivity contribution >= 4 is 39.5 Å². The minimum atomic E-state index is -1.02. The fourth-order valence-electron chi connectivity index (χ4n) is 4.30. The molecule has 0 amide bonds. The fraction of sp³-hybridized carbons (Fsp3) is 0.318. The number of halogens is 2. The van der Waals surface area contributed by atoms with Gasteiger partial charge in [-0.1, -0.05) is 17.7 Å². The Kier molecular flexibility index (Phi) is 5.05. The van der Waals surface area contributed by atoms with Crippen molar-refractivity contribution in [2.24, 2.45) is 16.6 Å². The van der Waals surface area contributed by atoms with Crippen molar-refractivity contribution in [3.63, 3.8) is 0 Å².